The molecule has 21 heavy (non-hydrogen) atoms. The molecule has 0 radical (unpaired) electrons. The van der Waals surface area contributed by atoms with Gasteiger partial charge in [-0.25, -0.2) is 0 Å². The van der Waals surface area contributed by atoms with E-state index in [1.165, 1.54) is 0 Å². The topological polar surface area (TPSA) is 80.9 Å². The van der Waals surface area contributed by atoms with Crippen molar-refractivity contribution in [3.05, 3.63) is 59.9 Å². The Labute approximate surface area is 121 Å². The van der Waals surface area contributed by atoms with Gasteiger partial charge in [-0.15, -0.1) is 0 Å². The summed E-state index contributed by atoms with van der Waals surface area (Å²) >= 11 is 0. The van der Waals surface area contributed by atoms with Crippen molar-refractivity contribution in [2.24, 2.45) is 0 Å². The number of amides is 1. The van der Waals surface area contributed by atoms with Crippen molar-refractivity contribution in [3.8, 4) is 0 Å². The minimum absolute atomic E-state index is 0.179. The van der Waals surface area contributed by atoms with Gasteiger partial charge in [-0.2, -0.15) is 0 Å². The quantitative estimate of drug-likeness (QED) is 0.706. The van der Waals surface area contributed by atoms with Gasteiger partial charge in [0.1, 0.15) is 0 Å². The predicted octanol–water partition coefficient (Wildman–Crippen LogP) is 2.77. The van der Waals surface area contributed by atoms with E-state index >= 15 is 0 Å². The number of benzene rings is 2. The molecule has 0 spiro atoms. The first-order valence-electron chi connectivity index (χ1n) is 6.52. The van der Waals surface area contributed by atoms with Gasteiger partial charge in [-0.05, 0) is 48.9 Å². The smallest absolute Gasteiger partial charge is 0.255 e. The Bertz CT molecular complexity index is 829. The van der Waals surface area contributed by atoms with Crippen LogP contribution in [0.5, 0.6) is 0 Å². The summed E-state index contributed by atoms with van der Waals surface area (Å²) in [6.45, 7) is 1.87. The summed E-state index contributed by atoms with van der Waals surface area (Å²) in [6, 6.07) is 10.6. The van der Waals surface area contributed by atoms with Gasteiger partial charge >= 0.3 is 0 Å². The fraction of sp³-hybridized carbons (Fsp3) is 0.0625. The van der Waals surface area contributed by atoms with Gasteiger partial charge in [-0.1, -0.05) is 0 Å². The average molecular weight is 278 g/mol. The molecule has 5 heteroatoms. The Morgan fingerprint density at radius 1 is 1.05 bits per heavy atom. The molecule has 0 aliphatic carbocycles. The third kappa shape index (κ3) is 2.67. The fourth-order valence-electron chi connectivity index (χ4n) is 2.06. The zero-order valence-electron chi connectivity index (χ0n) is 11.5. The number of aromatic nitrogens is 2. The van der Waals surface area contributed by atoms with Crippen LogP contribution in [0.25, 0.3) is 11.0 Å². The van der Waals surface area contributed by atoms with Crippen molar-refractivity contribution in [2.75, 3.05) is 11.1 Å². The van der Waals surface area contributed by atoms with E-state index in [1.54, 1.807) is 42.7 Å². The highest BCUT2D eigenvalue weighted by molar-refractivity contribution is 6.05. The molecule has 0 atom stereocenters. The van der Waals surface area contributed by atoms with Gasteiger partial charge in [0, 0.05) is 29.3 Å². The predicted molar refractivity (Wildman–Crippen MR) is 83.1 cm³/mol. The van der Waals surface area contributed by atoms with Gasteiger partial charge in [0.25, 0.3) is 5.91 Å². The lowest BCUT2D eigenvalue weighted by Gasteiger charge is -2.07. The van der Waals surface area contributed by atoms with E-state index in [0.717, 1.165) is 16.6 Å². The van der Waals surface area contributed by atoms with Crippen LogP contribution < -0.4 is 11.1 Å². The van der Waals surface area contributed by atoms with Gasteiger partial charge in [0.2, 0.25) is 0 Å². The van der Waals surface area contributed by atoms with Gasteiger partial charge in [0.05, 0.1) is 11.0 Å². The van der Waals surface area contributed by atoms with E-state index < -0.39 is 0 Å². The van der Waals surface area contributed by atoms with Gasteiger partial charge in [-0.3, -0.25) is 14.8 Å². The molecule has 0 aliphatic rings. The lowest BCUT2D eigenvalue weighted by atomic mass is 10.1. The standard InChI is InChI=1S/C16H14N4O/c1-10-8-11(2-4-13(10)17)16(21)20-12-3-5-14-15(9-12)19-7-6-18-14/h2-9H,17H2,1H3,(H,20,21). The molecule has 0 saturated heterocycles. The maximum Gasteiger partial charge on any atom is 0.255 e. The summed E-state index contributed by atoms with van der Waals surface area (Å²) < 4.78 is 0. The minimum Gasteiger partial charge on any atom is -0.399 e. The summed E-state index contributed by atoms with van der Waals surface area (Å²) in [5.74, 6) is -0.179. The second-order valence-electron chi connectivity index (χ2n) is 4.79. The molecule has 5 nitrogen and oxygen atoms in total. The highest BCUT2D eigenvalue weighted by atomic mass is 16.1. The van der Waals surface area contributed by atoms with E-state index in [2.05, 4.69) is 15.3 Å². The van der Waals surface area contributed by atoms with Crippen LogP contribution >= 0.6 is 0 Å². The molecule has 0 aliphatic heterocycles. The highest BCUT2D eigenvalue weighted by Gasteiger charge is 2.08. The van der Waals surface area contributed by atoms with E-state index in [-0.39, 0.29) is 5.91 Å². The van der Waals surface area contributed by atoms with E-state index in [4.69, 9.17) is 5.73 Å². The van der Waals surface area contributed by atoms with Crippen molar-refractivity contribution in [1.29, 1.82) is 0 Å². The number of nitrogens with one attached hydrogen (secondary N) is 1. The van der Waals surface area contributed by atoms with Gasteiger partial charge < -0.3 is 11.1 Å². The van der Waals surface area contributed by atoms with Crippen LogP contribution in [0.3, 0.4) is 0 Å². The van der Waals surface area contributed by atoms with Crippen LogP contribution in [0.4, 0.5) is 11.4 Å². The Kier molecular flexibility index (Phi) is 3.23. The number of anilines is 2. The maximum absolute atomic E-state index is 12.2. The molecule has 0 fully saturated rings. The number of nitrogens with zero attached hydrogens (tertiary/aromatic N) is 2. The molecule has 2 aromatic carbocycles. The minimum atomic E-state index is -0.179. The highest BCUT2D eigenvalue weighted by Crippen LogP contribution is 2.17. The lowest BCUT2D eigenvalue weighted by Crippen LogP contribution is -2.12. The van der Waals surface area contributed by atoms with E-state index in [0.29, 0.717) is 16.9 Å². The first-order valence-corrected chi connectivity index (χ1v) is 6.52. The second kappa shape index (κ2) is 5.20. The molecule has 3 aromatic rings. The third-order valence-corrected chi connectivity index (χ3v) is 3.26. The number of carbonyl (C=O) groups is 1. The molecular formula is C16H14N4O. The number of carbonyl (C=O) groups excluding carboxylic acids is 1. The number of hydrogen-bond acceptors (Lipinski definition) is 4. The summed E-state index contributed by atoms with van der Waals surface area (Å²) in [6.07, 6.45) is 3.26. The second-order valence-corrected chi connectivity index (χ2v) is 4.79. The number of nitrogen functional groups attached to an aromatic ring is 1. The van der Waals surface area contributed by atoms with Crippen LogP contribution in [0.1, 0.15) is 15.9 Å². The molecule has 1 aromatic heterocycles. The Balaban J connectivity index is 1.87. The molecular weight excluding hydrogens is 264 g/mol. The molecule has 0 unspecified atom stereocenters. The number of rotatable bonds is 2. The van der Waals surface area contributed by atoms with Crippen molar-refractivity contribution in [3.63, 3.8) is 0 Å². The van der Waals surface area contributed by atoms with Crippen LogP contribution in [0, 0.1) is 6.92 Å². The molecule has 0 saturated carbocycles. The van der Waals surface area contributed by atoms with Gasteiger partial charge in [0.15, 0.2) is 0 Å². The fourth-order valence-corrected chi connectivity index (χ4v) is 2.06. The van der Waals surface area contributed by atoms with Crippen molar-refractivity contribution >= 4 is 28.3 Å². The number of hydrogen-bond donors (Lipinski definition) is 2. The van der Waals surface area contributed by atoms with E-state index in [1.807, 2.05) is 13.0 Å². The largest absolute Gasteiger partial charge is 0.399 e. The lowest BCUT2D eigenvalue weighted by molar-refractivity contribution is 0.102. The molecule has 1 amide bonds. The maximum atomic E-state index is 12.2. The normalized spacial score (nSPS) is 10.5. The van der Waals surface area contributed by atoms with Crippen LogP contribution in [-0.4, -0.2) is 15.9 Å². The molecule has 1 heterocycles. The van der Waals surface area contributed by atoms with Crippen LogP contribution in [0.2, 0.25) is 0 Å². The number of aryl methyl sites for hydroxylation is 1. The first-order chi connectivity index (χ1) is 10.1. The first kappa shape index (κ1) is 13.1. The molecule has 104 valence electrons. The van der Waals surface area contributed by atoms with Crippen molar-refractivity contribution < 1.29 is 4.79 Å². The van der Waals surface area contributed by atoms with Crippen LogP contribution in [-0.2, 0) is 0 Å². The number of nitrogens with two attached hydrogens (primary N) is 1. The van der Waals surface area contributed by atoms with Crippen LogP contribution in [0.15, 0.2) is 48.8 Å². The summed E-state index contributed by atoms with van der Waals surface area (Å²) in [4.78, 5) is 20.6. The number of fused-ring (bicyclic) bond motifs is 1. The summed E-state index contributed by atoms with van der Waals surface area (Å²) in [7, 11) is 0. The zero-order valence-corrected chi connectivity index (χ0v) is 11.5. The molecule has 0 bridgehead atoms. The zero-order chi connectivity index (χ0) is 14.8. The summed E-state index contributed by atoms with van der Waals surface area (Å²) in [5.41, 5.74) is 10.1. The van der Waals surface area contributed by atoms with Crippen molar-refractivity contribution in [2.45, 2.75) is 6.92 Å². The average Bonchev–Trinajstić information content (AvgIpc) is 2.50. The Hall–Kier alpha value is -2.95. The Morgan fingerprint density at radius 3 is 2.57 bits per heavy atom. The summed E-state index contributed by atoms with van der Waals surface area (Å²) in [5, 5.41) is 2.85. The monoisotopic (exact) mass is 278 g/mol. The molecule has 3 N–H and O–H groups in total. The Morgan fingerprint density at radius 2 is 1.81 bits per heavy atom. The molecule has 3 rings (SSSR count). The third-order valence-electron chi connectivity index (χ3n) is 3.26. The SMILES string of the molecule is Cc1cc(C(=O)Nc2ccc3nccnc3c2)ccc1N. The van der Waals surface area contributed by atoms with E-state index in [9.17, 15) is 4.79 Å². The van der Waals surface area contributed by atoms with Crippen molar-refractivity contribution in [1.82, 2.24) is 9.97 Å².